The van der Waals surface area contributed by atoms with Crippen LogP contribution in [0.1, 0.15) is 51.4 Å². The van der Waals surface area contributed by atoms with Crippen molar-refractivity contribution in [3.05, 3.63) is 12.2 Å². The number of rotatable bonds is 0. The molecule has 1 aliphatic heterocycles. The van der Waals surface area contributed by atoms with Crippen LogP contribution in [0.15, 0.2) is 12.2 Å². The number of hydrogen-bond acceptors (Lipinski definition) is 2. The Bertz CT molecular complexity index is 185. The topological polar surface area (TPSA) is 26.3 Å². The fraction of sp³-hybridized carbons (Fsp3) is 0.750. The van der Waals surface area contributed by atoms with Crippen LogP contribution in [0.2, 0.25) is 0 Å². The molecule has 0 aromatic rings. The molecule has 0 spiro atoms. The first-order valence-corrected chi connectivity index (χ1v) is 5.70. The Kier molecular flexibility index (Phi) is 6.13. The second-order valence-electron chi connectivity index (χ2n) is 3.79. The lowest BCUT2D eigenvalue weighted by atomic mass is 10.1. The van der Waals surface area contributed by atoms with Gasteiger partial charge in [-0.1, -0.05) is 31.4 Å². The van der Waals surface area contributed by atoms with E-state index in [9.17, 15) is 4.79 Å². The van der Waals surface area contributed by atoms with E-state index in [-0.39, 0.29) is 5.97 Å². The van der Waals surface area contributed by atoms with E-state index in [1.165, 1.54) is 25.7 Å². The fourth-order valence-electron chi connectivity index (χ4n) is 1.59. The Labute approximate surface area is 86.3 Å². The van der Waals surface area contributed by atoms with Gasteiger partial charge in [-0.2, -0.15) is 0 Å². The molecule has 80 valence electrons. The van der Waals surface area contributed by atoms with Gasteiger partial charge in [-0.15, -0.1) is 0 Å². The Morgan fingerprint density at radius 1 is 0.929 bits per heavy atom. The molecule has 1 aliphatic rings. The van der Waals surface area contributed by atoms with Crippen LogP contribution in [0.3, 0.4) is 0 Å². The zero-order chi connectivity index (χ0) is 10.1. The van der Waals surface area contributed by atoms with Crippen LogP contribution in [0.5, 0.6) is 0 Å². The molecule has 0 aromatic heterocycles. The van der Waals surface area contributed by atoms with E-state index in [2.05, 4.69) is 12.2 Å². The van der Waals surface area contributed by atoms with Crippen molar-refractivity contribution in [1.82, 2.24) is 0 Å². The third kappa shape index (κ3) is 5.79. The van der Waals surface area contributed by atoms with Gasteiger partial charge in [-0.05, 0) is 25.7 Å². The molecular weight excluding hydrogens is 176 g/mol. The molecule has 0 unspecified atom stereocenters. The van der Waals surface area contributed by atoms with Crippen molar-refractivity contribution < 1.29 is 9.53 Å². The summed E-state index contributed by atoms with van der Waals surface area (Å²) in [6, 6.07) is 0. The third-order valence-corrected chi connectivity index (χ3v) is 2.46. The van der Waals surface area contributed by atoms with E-state index in [0.29, 0.717) is 13.0 Å². The van der Waals surface area contributed by atoms with E-state index < -0.39 is 0 Å². The number of cyclic esters (lactones) is 1. The molecule has 0 atom stereocenters. The first-order valence-electron chi connectivity index (χ1n) is 5.70. The summed E-state index contributed by atoms with van der Waals surface area (Å²) in [6.07, 6.45) is 12.9. The Morgan fingerprint density at radius 2 is 1.64 bits per heavy atom. The molecule has 14 heavy (non-hydrogen) atoms. The molecule has 2 nitrogen and oxygen atoms in total. The fourth-order valence-corrected chi connectivity index (χ4v) is 1.59. The van der Waals surface area contributed by atoms with Crippen LogP contribution in [0, 0.1) is 0 Å². The summed E-state index contributed by atoms with van der Waals surface area (Å²) in [6.45, 7) is 0.614. The van der Waals surface area contributed by atoms with Crippen LogP contribution in [0.4, 0.5) is 0 Å². The van der Waals surface area contributed by atoms with Crippen LogP contribution in [-0.2, 0) is 9.53 Å². The normalized spacial score (nSPS) is 23.9. The molecule has 1 heterocycles. The predicted molar refractivity (Wildman–Crippen MR) is 57.0 cm³/mol. The summed E-state index contributed by atoms with van der Waals surface area (Å²) >= 11 is 0. The van der Waals surface area contributed by atoms with E-state index in [0.717, 1.165) is 19.3 Å². The molecule has 0 aromatic carbocycles. The van der Waals surface area contributed by atoms with Crippen LogP contribution in [-0.4, -0.2) is 12.6 Å². The molecule has 0 saturated heterocycles. The van der Waals surface area contributed by atoms with Gasteiger partial charge in [-0.25, -0.2) is 0 Å². The lowest BCUT2D eigenvalue weighted by Crippen LogP contribution is -2.04. The average molecular weight is 196 g/mol. The largest absolute Gasteiger partial charge is 0.466 e. The van der Waals surface area contributed by atoms with Crippen LogP contribution >= 0.6 is 0 Å². The highest BCUT2D eigenvalue weighted by atomic mass is 16.5. The first-order chi connectivity index (χ1) is 6.89. The summed E-state index contributed by atoms with van der Waals surface area (Å²) < 4.78 is 5.08. The predicted octanol–water partition coefficient (Wildman–Crippen LogP) is 3.22. The summed E-state index contributed by atoms with van der Waals surface area (Å²) in [7, 11) is 0. The van der Waals surface area contributed by atoms with Gasteiger partial charge in [0.2, 0.25) is 0 Å². The van der Waals surface area contributed by atoms with Gasteiger partial charge >= 0.3 is 5.97 Å². The van der Waals surface area contributed by atoms with Crippen molar-refractivity contribution in [3.63, 3.8) is 0 Å². The smallest absolute Gasteiger partial charge is 0.306 e. The summed E-state index contributed by atoms with van der Waals surface area (Å²) in [5.74, 6) is -0.0473. The van der Waals surface area contributed by atoms with Crippen molar-refractivity contribution in [1.29, 1.82) is 0 Å². The monoisotopic (exact) mass is 196 g/mol. The maximum Gasteiger partial charge on any atom is 0.306 e. The lowest BCUT2D eigenvalue weighted by molar-refractivity contribution is -0.143. The number of allylic oxidation sites excluding steroid dienone is 2. The van der Waals surface area contributed by atoms with Gasteiger partial charge in [0, 0.05) is 6.42 Å². The third-order valence-electron chi connectivity index (χ3n) is 2.46. The number of carbonyl (C=O) groups excluding carboxylic acids is 1. The van der Waals surface area contributed by atoms with Gasteiger partial charge in [0.15, 0.2) is 0 Å². The molecule has 0 fully saturated rings. The molecule has 0 amide bonds. The second-order valence-corrected chi connectivity index (χ2v) is 3.79. The minimum atomic E-state index is -0.0473. The van der Waals surface area contributed by atoms with Gasteiger partial charge < -0.3 is 4.74 Å². The standard InChI is InChI=1S/C12H20O2/c13-12-10-8-6-4-2-1-3-5-7-9-11-14-12/h4,6H,1-3,5,7-11H2/b6-4+. The molecule has 0 N–H and O–H groups in total. The molecule has 0 radical (unpaired) electrons. The minimum Gasteiger partial charge on any atom is -0.466 e. The van der Waals surface area contributed by atoms with Gasteiger partial charge in [0.1, 0.15) is 0 Å². The maximum absolute atomic E-state index is 11.1. The van der Waals surface area contributed by atoms with Crippen molar-refractivity contribution in [2.75, 3.05) is 6.61 Å². The molecule has 0 saturated carbocycles. The number of hydrogen-bond donors (Lipinski definition) is 0. The zero-order valence-electron chi connectivity index (χ0n) is 8.84. The van der Waals surface area contributed by atoms with Crippen molar-refractivity contribution in [2.45, 2.75) is 51.4 Å². The van der Waals surface area contributed by atoms with Crippen molar-refractivity contribution >= 4 is 5.97 Å². The van der Waals surface area contributed by atoms with Crippen molar-refractivity contribution in [3.8, 4) is 0 Å². The number of esters is 1. The number of ether oxygens (including phenoxy) is 1. The number of carbonyl (C=O) groups is 1. The summed E-state index contributed by atoms with van der Waals surface area (Å²) in [4.78, 5) is 11.1. The van der Waals surface area contributed by atoms with E-state index in [4.69, 9.17) is 4.74 Å². The Morgan fingerprint density at radius 3 is 2.57 bits per heavy atom. The molecule has 2 heteroatoms. The molecule has 0 aliphatic carbocycles. The average Bonchev–Trinajstić information content (AvgIpc) is 2.20. The lowest BCUT2D eigenvalue weighted by Gasteiger charge is -2.02. The Balaban J connectivity index is 2.23. The second kappa shape index (κ2) is 7.60. The highest BCUT2D eigenvalue weighted by Gasteiger charge is 2.01. The molecular formula is C12H20O2. The SMILES string of the molecule is O=C1CC/C=C/CCCCCCCO1. The van der Waals surface area contributed by atoms with Gasteiger partial charge in [0.25, 0.3) is 0 Å². The highest BCUT2D eigenvalue weighted by molar-refractivity contribution is 5.69. The van der Waals surface area contributed by atoms with Gasteiger partial charge in [-0.3, -0.25) is 4.79 Å². The van der Waals surface area contributed by atoms with Gasteiger partial charge in [0.05, 0.1) is 6.61 Å². The summed E-state index contributed by atoms with van der Waals surface area (Å²) in [5.41, 5.74) is 0. The summed E-state index contributed by atoms with van der Waals surface area (Å²) in [5, 5.41) is 0. The maximum atomic E-state index is 11.1. The molecule has 0 bridgehead atoms. The van der Waals surface area contributed by atoms with Crippen LogP contribution < -0.4 is 0 Å². The van der Waals surface area contributed by atoms with E-state index >= 15 is 0 Å². The highest BCUT2D eigenvalue weighted by Crippen LogP contribution is 2.08. The zero-order valence-corrected chi connectivity index (χ0v) is 8.84. The van der Waals surface area contributed by atoms with Crippen molar-refractivity contribution in [2.24, 2.45) is 0 Å². The minimum absolute atomic E-state index is 0.0473. The van der Waals surface area contributed by atoms with Crippen LogP contribution in [0.25, 0.3) is 0 Å². The quantitative estimate of drug-likeness (QED) is 0.439. The first kappa shape index (κ1) is 11.3. The van der Waals surface area contributed by atoms with E-state index in [1.54, 1.807) is 0 Å². The molecule has 1 rings (SSSR count). The van der Waals surface area contributed by atoms with E-state index in [1.807, 2.05) is 0 Å². The Hall–Kier alpha value is -0.790.